The fraction of sp³-hybridized carbons (Fsp3) is 0.278. The minimum Gasteiger partial charge on any atom is -0.454 e. The number of carbonyl (C=O) groups excluding carboxylic acids is 1. The van der Waals surface area contributed by atoms with Gasteiger partial charge in [-0.05, 0) is 23.3 Å². The number of benzene rings is 2. The van der Waals surface area contributed by atoms with Crippen molar-refractivity contribution < 1.29 is 14.3 Å². The van der Waals surface area contributed by atoms with Crippen LogP contribution in [0.15, 0.2) is 48.5 Å². The van der Waals surface area contributed by atoms with Crippen LogP contribution in [0.5, 0.6) is 11.5 Å². The molecule has 0 fully saturated rings. The van der Waals surface area contributed by atoms with Crippen molar-refractivity contribution in [3.8, 4) is 11.5 Å². The Morgan fingerprint density at radius 2 is 1.77 bits per heavy atom. The van der Waals surface area contributed by atoms with Crippen LogP contribution in [0.4, 0.5) is 0 Å². The third-order valence-corrected chi connectivity index (χ3v) is 3.88. The summed E-state index contributed by atoms with van der Waals surface area (Å²) in [6, 6.07) is 16.0. The van der Waals surface area contributed by atoms with Gasteiger partial charge in [0.2, 0.25) is 12.7 Å². The minimum atomic E-state index is 0.00519. The molecule has 2 aromatic carbocycles. The Hall–Kier alpha value is -2.49. The highest BCUT2D eigenvalue weighted by Crippen LogP contribution is 2.37. The zero-order valence-electron chi connectivity index (χ0n) is 12.8. The molecule has 0 unspecified atom stereocenters. The van der Waals surface area contributed by atoms with Crippen molar-refractivity contribution >= 4 is 5.91 Å². The molecule has 3 rings (SSSR count). The molecule has 0 saturated heterocycles. The van der Waals surface area contributed by atoms with E-state index in [1.165, 1.54) is 0 Å². The van der Waals surface area contributed by atoms with Crippen molar-refractivity contribution in [1.82, 2.24) is 4.90 Å². The lowest BCUT2D eigenvalue weighted by molar-refractivity contribution is -0.128. The normalized spacial score (nSPS) is 13.7. The molecule has 114 valence electrons. The fourth-order valence-corrected chi connectivity index (χ4v) is 2.60. The summed E-state index contributed by atoms with van der Waals surface area (Å²) in [6.45, 7) is 0.255. The Morgan fingerprint density at radius 3 is 2.50 bits per heavy atom. The van der Waals surface area contributed by atoms with Crippen LogP contribution in [0, 0.1) is 0 Å². The monoisotopic (exact) mass is 297 g/mol. The SMILES string of the molecule is CN(C)C(=O)C[C@H](c1ccccc1)c1ccc2c(c1)OCO2. The smallest absolute Gasteiger partial charge is 0.231 e. The predicted octanol–water partition coefficient (Wildman–Crippen LogP) is 3.03. The van der Waals surface area contributed by atoms with Crippen LogP contribution in [-0.4, -0.2) is 31.7 Å². The van der Waals surface area contributed by atoms with Crippen molar-refractivity contribution in [2.24, 2.45) is 0 Å². The first-order valence-corrected chi connectivity index (χ1v) is 7.30. The van der Waals surface area contributed by atoms with Crippen LogP contribution < -0.4 is 9.47 Å². The zero-order chi connectivity index (χ0) is 15.5. The van der Waals surface area contributed by atoms with E-state index >= 15 is 0 Å². The topological polar surface area (TPSA) is 38.8 Å². The molecule has 2 aromatic rings. The van der Waals surface area contributed by atoms with Crippen molar-refractivity contribution in [3.05, 3.63) is 59.7 Å². The van der Waals surface area contributed by atoms with Gasteiger partial charge in [-0.3, -0.25) is 4.79 Å². The van der Waals surface area contributed by atoms with Crippen molar-refractivity contribution in [1.29, 1.82) is 0 Å². The molecule has 1 amide bonds. The number of nitrogens with zero attached hydrogens (tertiary/aromatic N) is 1. The maximum absolute atomic E-state index is 12.2. The average Bonchev–Trinajstić information content (AvgIpc) is 3.00. The lowest BCUT2D eigenvalue weighted by atomic mass is 9.88. The van der Waals surface area contributed by atoms with E-state index in [-0.39, 0.29) is 18.6 Å². The first-order chi connectivity index (χ1) is 10.6. The number of hydrogen-bond donors (Lipinski definition) is 0. The maximum atomic E-state index is 12.2. The van der Waals surface area contributed by atoms with E-state index in [0.717, 1.165) is 22.6 Å². The summed E-state index contributed by atoms with van der Waals surface area (Å²) in [5, 5.41) is 0. The minimum absolute atomic E-state index is 0.00519. The predicted molar refractivity (Wildman–Crippen MR) is 84.2 cm³/mol. The highest BCUT2D eigenvalue weighted by atomic mass is 16.7. The van der Waals surface area contributed by atoms with Crippen LogP contribution in [0.1, 0.15) is 23.5 Å². The first-order valence-electron chi connectivity index (χ1n) is 7.30. The number of rotatable bonds is 4. The molecule has 22 heavy (non-hydrogen) atoms. The molecule has 0 aromatic heterocycles. The second kappa shape index (κ2) is 6.10. The van der Waals surface area contributed by atoms with Crippen molar-refractivity contribution in [3.63, 3.8) is 0 Å². The van der Waals surface area contributed by atoms with Crippen molar-refractivity contribution in [2.75, 3.05) is 20.9 Å². The van der Waals surface area contributed by atoms with Gasteiger partial charge in [0.05, 0.1) is 0 Å². The first kappa shape index (κ1) is 14.4. The number of fused-ring (bicyclic) bond motifs is 1. The lowest BCUT2D eigenvalue weighted by Crippen LogP contribution is -2.24. The number of ether oxygens (including phenoxy) is 2. The largest absolute Gasteiger partial charge is 0.454 e. The van der Waals surface area contributed by atoms with E-state index in [1.807, 2.05) is 36.4 Å². The lowest BCUT2D eigenvalue weighted by Gasteiger charge is -2.20. The highest BCUT2D eigenvalue weighted by Gasteiger charge is 2.22. The zero-order valence-corrected chi connectivity index (χ0v) is 12.8. The summed E-state index contributed by atoms with van der Waals surface area (Å²) >= 11 is 0. The van der Waals surface area contributed by atoms with Gasteiger partial charge >= 0.3 is 0 Å². The average molecular weight is 297 g/mol. The van der Waals surface area contributed by atoms with Crippen LogP contribution in [0.25, 0.3) is 0 Å². The van der Waals surface area contributed by atoms with Gasteiger partial charge in [-0.15, -0.1) is 0 Å². The number of carbonyl (C=O) groups is 1. The van der Waals surface area contributed by atoms with Gasteiger partial charge in [0.15, 0.2) is 11.5 Å². The van der Waals surface area contributed by atoms with Gasteiger partial charge in [0.25, 0.3) is 0 Å². The molecule has 1 heterocycles. The van der Waals surface area contributed by atoms with Gasteiger partial charge in [-0.1, -0.05) is 36.4 Å². The van der Waals surface area contributed by atoms with Gasteiger partial charge in [0.1, 0.15) is 0 Å². The Bertz CT molecular complexity index is 667. The Kier molecular flexibility index (Phi) is 4.00. The van der Waals surface area contributed by atoms with E-state index in [1.54, 1.807) is 19.0 Å². The third-order valence-electron chi connectivity index (χ3n) is 3.88. The second-order valence-electron chi connectivity index (χ2n) is 5.57. The molecule has 0 spiro atoms. The molecule has 0 saturated carbocycles. The van der Waals surface area contributed by atoms with E-state index in [4.69, 9.17) is 9.47 Å². The molecule has 4 nitrogen and oxygen atoms in total. The van der Waals surface area contributed by atoms with Crippen molar-refractivity contribution in [2.45, 2.75) is 12.3 Å². The van der Waals surface area contributed by atoms with Gasteiger partial charge in [-0.2, -0.15) is 0 Å². The summed E-state index contributed by atoms with van der Waals surface area (Å²) in [6.07, 6.45) is 0.427. The quantitative estimate of drug-likeness (QED) is 0.870. The summed E-state index contributed by atoms with van der Waals surface area (Å²) in [4.78, 5) is 13.8. The van der Waals surface area contributed by atoms with Crippen LogP contribution in [0.3, 0.4) is 0 Å². The van der Waals surface area contributed by atoms with E-state index in [2.05, 4.69) is 12.1 Å². The molecule has 0 bridgehead atoms. The number of hydrogen-bond acceptors (Lipinski definition) is 3. The van der Waals surface area contributed by atoms with Gasteiger partial charge in [0, 0.05) is 26.4 Å². The Morgan fingerprint density at radius 1 is 1.05 bits per heavy atom. The van der Waals surface area contributed by atoms with E-state index in [9.17, 15) is 4.79 Å². The second-order valence-corrected chi connectivity index (χ2v) is 5.57. The molecule has 1 aliphatic rings. The van der Waals surface area contributed by atoms with E-state index in [0.29, 0.717) is 6.42 Å². The number of amides is 1. The molecular formula is C18H19NO3. The van der Waals surface area contributed by atoms with E-state index < -0.39 is 0 Å². The third kappa shape index (κ3) is 2.91. The summed E-state index contributed by atoms with van der Waals surface area (Å²) in [7, 11) is 3.56. The molecule has 0 aliphatic carbocycles. The van der Waals surface area contributed by atoms with Gasteiger partial charge < -0.3 is 14.4 Å². The van der Waals surface area contributed by atoms with Crippen LogP contribution >= 0.6 is 0 Å². The van der Waals surface area contributed by atoms with Crippen LogP contribution in [0.2, 0.25) is 0 Å². The molecule has 1 aliphatic heterocycles. The summed E-state index contributed by atoms with van der Waals surface area (Å²) < 4.78 is 10.8. The molecule has 0 radical (unpaired) electrons. The fourth-order valence-electron chi connectivity index (χ4n) is 2.60. The maximum Gasteiger partial charge on any atom is 0.231 e. The molecule has 1 atom stereocenters. The standard InChI is InChI=1S/C18H19NO3/c1-19(2)18(20)11-15(13-6-4-3-5-7-13)14-8-9-16-17(10-14)22-12-21-16/h3-10,15H,11-12H2,1-2H3/t15-/m1/s1. The summed E-state index contributed by atoms with van der Waals surface area (Å²) in [5.41, 5.74) is 2.18. The summed E-state index contributed by atoms with van der Waals surface area (Å²) in [5.74, 6) is 1.61. The molecular weight excluding hydrogens is 278 g/mol. The Labute approximate surface area is 130 Å². The highest BCUT2D eigenvalue weighted by molar-refractivity contribution is 5.77. The van der Waals surface area contributed by atoms with Crippen LogP contribution in [-0.2, 0) is 4.79 Å². The Balaban J connectivity index is 1.96. The van der Waals surface area contributed by atoms with Gasteiger partial charge in [-0.25, -0.2) is 0 Å². The molecule has 0 N–H and O–H groups in total. The molecule has 4 heteroatoms.